The Balaban J connectivity index is 4.44. The Labute approximate surface area is 88.5 Å². The van der Waals surface area contributed by atoms with Crippen LogP contribution < -0.4 is 0 Å². The molecule has 0 rings (SSSR count). The SMILES string of the molecule is C=C/C=C\C(=C)C(=C)/C=C(/Br)C=C. The summed E-state index contributed by atoms with van der Waals surface area (Å²) in [6.45, 7) is 14.9. The smallest absolute Gasteiger partial charge is 0.0175 e. The third kappa shape index (κ3) is 5.21. The summed E-state index contributed by atoms with van der Waals surface area (Å²) < 4.78 is 0.894. The first-order valence-electron chi connectivity index (χ1n) is 3.78. The molecule has 0 N–H and O–H groups in total. The van der Waals surface area contributed by atoms with Gasteiger partial charge < -0.3 is 0 Å². The molecule has 0 aromatic rings. The molecule has 0 nitrogen and oxygen atoms in total. The van der Waals surface area contributed by atoms with Crippen LogP contribution in [0.15, 0.2) is 72.3 Å². The Morgan fingerprint density at radius 1 is 1.08 bits per heavy atom. The fraction of sp³-hybridized carbons (Fsp3) is 0. The van der Waals surface area contributed by atoms with E-state index in [1.807, 2.05) is 18.2 Å². The zero-order valence-corrected chi connectivity index (χ0v) is 9.18. The van der Waals surface area contributed by atoms with E-state index in [4.69, 9.17) is 0 Å². The third-order valence-corrected chi connectivity index (χ3v) is 1.91. The van der Waals surface area contributed by atoms with Crippen molar-refractivity contribution >= 4 is 15.9 Å². The lowest BCUT2D eigenvalue weighted by Gasteiger charge is -1.98. The fourth-order valence-corrected chi connectivity index (χ4v) is 0.886. The van der Waals surface area contributed by atoms with E-state index < -0.39 is 0 Å². The van der Waals surface area contributed by atoms with Crippen molar-refractivity contribution in [3.8, 4) is 0 Å². The molecule has 0 saturated heterocycles. The van der Waals surface area contributed by atoms with Gasteiger partial charge in [0.15, 0.2) is 0 Å². The van der Waals surface area contributed by atoms with E-state index in [9.17, 15) is 0 Å². The summed E-state index contributed by atoms with van der Waals surface area (Å²) in [6.07, 6.45) is 8.95. The van der Waals surface area contributed by atoms with Crippen molar-refractivity contribution in [1.82, 2.24) is 0 Å². The first-order chi connectivity index (χ1) is 6.11. The van der Waals surface area contributed by atoms with E-state index in [0.29, 0.717) is 0 Å². The molecular formula is C12H13Br. The van der Waals surface area contributed by atoms with Crippen molar-refractivity contribution in [2.45, 2.75) is 0 Å². The van der Waals surface area contributed by atoms with Crippen molar-refractivity contribution in [3.63, 3.8) is 0 Å². The summed E-state index contributed by atoms with van der Waals surface area (Å²) in [6, 6.07) is 0. The Morgan fingerprint density at radius 3 is 2.15 bits per heavy atom. The van der Waals surface area contributed by atoms with Crippen molar-refractivity contribution in [2.75, 3.05) is 0 Å². The monoisotopic (exact) mass is 236 g/mol. The van der Waals surface area contributed by atoms with E-state index in [0.717, 1.165) is 15.6 Å². The third-order valence-electron chi connectivity index (χ3n) is 1.35. The van der Waals surface area contributed by atoms with Crippen LogP contribution in [-0.2, 0) is 0 Å². The Kier molecular flexibility index (Phi) is 5.90. The highest BCUT2D eigenvalue weighted by Gasteiger charge is 1.92. The second kappa shape index (κ2) is 6.44. The molecule has 0 heterocycles. The lowest BCUT2D eigenvalue weighted by atomic mass is 10.1. The lowest BCUT2D eigenvalue weighted by Crippen LogP contribution is -1.78. The quantitative estimate of drug-likeness (QED) is 0.625. The molecule has 1 heteroatoms. The standard InChI is InChI=1S/C12H13Br/c1-5-7-8-10(3)11(4)9-12(13)6-2/h5-9H,1-4H2/b8-7-,12-9+. The van der Waals surface area contributed by atoms with Crippen LogP contribution in [0.25, 0.3) is 0 Å². The van der Waals surface area contributed by atoms with Crippen molar-refractivity contribution in [3.05, 3.63) is 72.3 Å². The van der Waals surface area contributed by atoms with Crippen molar-refractivity contribution in [2.24, 2.45) is 0 Å². The lowest BCUT2D eigenvalue weighted by molar-refractivity contribution is 1.59. The first kappa shape index (κ1) is 11.9. The zero-order chi connectivity index (χ0) is 10.3. The molecule has 0 unspecified atom stereocenters. The highest BCUT2D eigenvalue weighted by Crippen LogP contribution is 2.15. The highest BCUT2D eigenvalue weighted by molar-refractivity contribution is 9.11. The molecule has 0 amide bonds. The normalized spacial score (nSPS) is 11.3. The second-order valence-corrected chi connectivity index (χ2v) is 3.29. The van der Waals surface area contributed by atoms with E-state index in [1.165, 1.54) is 0 Å². The van der Waals surface area contributed by atoms with Gasteiger partial charge in [-0.3, -0.25) is 0 Å². The first-order valence-corrected chi connectivity index (χ1v) is 4.58. The molecule has 0 aromatic heterocycles. The molecule has 0 saturated carbocycles. The van der Waals surface area contributed by atoms with Gasteiger partial charge in [-0.1, -0.05) is 66.5 Å². The molecular weight excluding hydrogens is 224 g/mol. The Hall–Kier alpha value is -1.08. The minimum Gasteiger partial charge on any atom is -0.0991 e. The van der Waals surface area contributed by atoms with Crippen LogP contribution in [0.2, 0.25) is 0 Å². The number of rotatable bonds is 5. The Bertz CT molecular complexity index is 290. The molecule has 0 atom stereocenters. The molecule has 68 valence electrons. The minimum absolute atomic E-state index is 0.852. The number of hydrogen-bond donors (Lipinski definition) is 0. The van der Waals surface area contributed by atoms with Gasteiger partial charge in [-0.05, 0) is 17.2 Å². The number of hydrogen-bond acceptors (Lipinski definition) is 0. The van der Waals surface area contributed by atoms with Gasteiger partial charge >= 0.3 is 0 Å². The fourth-order valence-electron chi connectivity index (χ4n) is 0.609. The van der Waals surface area contributed by atoms with Gasteiger partial charge in [-0.25, -0.2) is 0 Å². The van der Waals surface area contributed by atoms with Gasteiger partial charge in [0.25, 0.3) is 0 Å². The summed E-state index contributed by atoms with van der Waals surface area (Å²) in [5.74, 6) is 0. The Morgan fingerprint density at radius 2 is 1.69 bits per heavy atom. The molecule has 0 aliphatic carbocycles. The van der Waals surface area contributed by atoms with Crippen LogP contribution in [0.3, 0.4) is 0 Å². The van der Waals surface area contributed by atoms with Crippen LogP contribution in [0, 0.1) is 0 Å². The molecule has 0 bridgehead atoms. The van der Waals surface area contributed by atoms with Gasteiger partial charge in [-0.2, -0.15) is 0 Å². The summed E-state index contributed by atoms with van der Waals surface area (Å²) in [4.78, 5) is 0. The van der Waals surface area contributed by atoms with Crippen molar-refractivity contribution in [1.29, 1.82) is 0 Å². The van der Waals surface area contributed by atoms with Crippen LogP contribution in [-0.4, -0.2) is 0 Å². The van der Waals surface area contributed by atoms with Gasteiger partial charge in [0, 0.05) is 4.48 Å². The molecule has 0 fully saturated rings. The maximum absolute atomic E-state index is 3.86. The largest absolute Gasteiger partial charge is 0.0991 e. The predicted molar refractivity (Wildman–Crippen MR) is 64.8 cm³/mol. The second-order valence-electron chi connectivity index (χ2n) is 2.38. The van der Waals surface area contributed by atoms with E-state index in [1.54, 1.807) is 12.2 Å². The molecule has 0 aliphatic rings. The minimum atomic E-state index is 0.852. The van der Waals surface area contributed by atoms with Crippen LogP contribution in [0.1, 0.15) is 0 Å². The molecule has 0 spiro atoms. The van der Waals surface area contributed by atoms with Gasteiger partial charge in [0.1, 0.15) is 0 Å². The predicted octanol–water partition coefficient (Wildman–Crippen LogP) is 4.31. The van der Waals surface area contributed by atoms with Crippen LogP contribution in [0.4, 0.5) is 0 Å². The number of allylic oxidation sites excluding steroid dienone is 8. The summed E-state index contributed by atoms with van der Waals surface area (Å²) in [5, 5.41) is 0. The van der Waals surface area contributed by atoms with E-state index in [2.05, 4.69) is 42.2 Å². The summed E-state index contributed by atoms with van der Waals surface area (Å²) >= 11 is 3.31. The van der Waals surface area contributed by atoms with E-state index in [-0.39, 0.29) is 0 Å². The topological polar surface area (TPSA) is 0 Å². The molecule has 0 radical (unpaired) electrons. The molecule has 0 aromatic carbocycles. The van der Waals surface area contributed by atoms with Crippen LogP contribution in [0.5, 0.6) is 0 Å². The van der Waals surface area contributed by atoms with Gasteiger partial charge in [0.2, 0.25) is 0 Å². The van der Waals surface area contributed by atoms with E-state index >= 15 is 0 Å². The maximum Gasteiger partial charge on any atom is 0.0175 e. The van der Waals surface area contributed by atoms with Crippen molar-refractivity contribution < 1.29 is 0 Å². The number of halogens is 1. The summed E-state index contributed by atoms with van der Waals surface area (Å²) in [5.41, 5.74) is 1.71. The zero-order valence-electron chi connectivity index (χ0n) is 7.59. The summed E-state index contributed by atoms with van der Waals surface area (Å²) in [7, 11) is 0. The maximum atomic E-state index is 3.86. The van der Waals surface area contributed by atoms with Crippen LogP contribution >= 0.6 is 15.9 Å². The molecule has 0 aliphatic heterocycles. The van der Waals surface area contributed by atoms with Gasteiger partial charge in [-0.15, -0.1) is 0 Å². The highest BCUT2D eigenvalue weighted by atomic mass is 79.9. The molecule has 13 heavy (non-hydrogen) atoms. The average Bonchev–Trinajstić information content (AvgIpc) is 2.13. The van der Waals surface area contributed by atoms with Gasteiger partial charge in [0.05, 0.1) is 0 Å². The average molecular weight is 237 g/mol.